The minimum Gasteiger partial charge on any atom is -0.375 e. The van der Waals surface area contributed by atoms with Crippen molar-refractivity contribution in [1.29, 1.82) is 0 Å². The fourth-order valence-electron chi connectivity index (χ4n) is 2.67. The van der Waals surface area contributed by atoms with E-state index < -0.39 is 0 Å². The molecule has 0 saturated carbocycles. The Kier molecular flexibility index (Phi) is 5.14. The summed E-state index contributed by atoms with van der Waals surface area (Å²) in [6.07, 6.45) is 0. The summed E-state index contributed by atoms with van der Waals surface area (Å²) in [7, 11) is 0. The average Bonchev–Trinajstić information content (AvgIpc) is 3.02. The minimum absolute atomic E-state index is 0.0353. The Morgan fingerprint density at radius 3 is 2.28 bits per heavy atom. The number of rotatable bonds is 5. The van der Waals surface area contributed by atoms with Gasteiger partial charge in [0.15, 0.2) is 5.13 Å². The zero-order chi connectivity index (χ0) is 17.8. The molecule has 0 bridgehead atoms. The Bertz CT molecular complexity index is 844. The molecule has 5 heteroatoms. The number of hydrogen-bond donors (Lipinski definition) is 1. The Hall–Kier alpha value is -2.66. The van der Waals surface area contributed by atoms with E-state index in [1.54, 1.807) is 0 Å². The summed E-state index contributed by atoms with van der Waals surface area (Å²) in [6, 6.07) is 19.8. The normalized spacial score (nSPS) is 10.8. The van der Waals surface area contributed by atoms with Gasteiger partial charge in [-0.2, -0.15) is 0 Å². The molecule has 0 aliphatic carbocycles. The van der Waals surface area contributed by atoms with E-state index in [1.165, 1.54) is 11.3 Å². The molecular formula is C20H21N3OS. The molecule has 0 aliphatic rings. The lowest BCUT2D eigenvalue weighted by Crippen LogP contribution is -2.36. The Morgan fingerprint density at radius 1 is 1.08 bits per heavy atom. The molecule has 4 nitrogen and oxygen atoms in total. The molecule has 1 aromatic heterocycles. The number of amides is 1. The van der Waals surface area contributed by atoms with Gasteiger partial charge in [0.05, 0.1) is 5.69 Å². The maximum absolute atomic E-state index is 13.2. The third-order valence-electron chi connectivity index (χ3n) is 3.97. The molecular weight excluding hydrogens is 330 g/mol. The summed E-state index contributed by atoms with van der Waals surface area (Å²) in [5.41, 5.74) is 8.58. The van der Waals surface area contributed by atoms with E-state index in [2.05, 4.69) is 4.98 Å². The molecule has 0 fully saturated rings. The first-order valence-electron chi connectivity index (χ1n) is 8.23. The molecule has 1 heterocycles. The van der Waals surface area contributed by atoms with Crippen molar-refractivity contribution in [2.45, 2.75) is 26.4 Å². The molecule has 3 rings (SSSR count). The van der Waals surface area contributed by atoms with Gasteiger partial charge in [-0.15, -0.1) is 0 Å². The van der Waals surface area contributed by atoms with Gasteiger partial charge in [-0.05, 0) is 19.4 Å². The number of nitrogens with two attached hydrogens (primary N) is 1. The van der Waals surface area contributed by atoms with Crippen molar-refractivity contribution in [3.8, 4) is 11.3 Å². The smallest absolute Gasteiger partial charge is 0.266 e. The van der Waals surface area contributed by atoms with Gasteiger partial charge in [0.1, 0.15) is 4.88 Å². The lowest BCUT2D eigenvalue weighted by molar-refractivity contribution is 0.0696. The van der Waals surface area contributed by atoms with E-state index in [4.69, 9.17) is 5.73 Å². The molecule has 128 valence electrons. The first-order chi connectivity index (χ1) is 12.1. The zero-order valence-corrected chi connectivity index (χ0v) is 15.2. The van der Waals surface area contributed by atoms with Gasteiger partial charge in [-0.25, -0.2) is 4.98 Å². The van der Waals surface area contributed by atoms with Crippen LogP contribution in [-0.4, -0.2) is 21.8 Å². The fourth-order valence-corrected chi connectivity index (χ4v) is 3.48. The van der Waals surface area contributed by atoms with Crippen LogP contribution in [0.1, 0.15) is 29.1 Å². The van der Waals surface area contributed by atoms with E-state index in [0.29, 0.717) is 22.2 Å². The lowest BCUT2D eigenvalue weighted by atomic mass is 10.1. The number of carbonyl (C=O) groups excluding carboxylic acids is 1. The summed E-state index contributed by atoms with van der Waals surface area (Å²) < 4.78 is 0. The van der Waals surface area contributed by atoms with Crippen molar-refractivity contribution in [2.75, 3.05) is 5.73 Å². The molecule has 0 aliphatic heterocycles. The molecule has 1 amide bonds. The van der Waals surface area contributed by atoms with Crippen molar-refractivity contribution in [3.63, 3.8) is 0 Å². The Labute approximate surface area is 151 Å². The van der Waals surface area contributed by atoms with E-state index in [1.807, 2.05) is 79.4 Å². The number of thiazole rings is 1. The van der Waals surface area contributed by atoms with Crippen molar-refractivity contribution in [3.05, 3.63) is 71.1 Å². The van der Waals surface area contributed by atoms with Gasteiger partial charge in [0.2, 0.25) is 0 Å². The van der Waals surface area contributed by atoms with Crippen LogP contribution in [0, 0.1) is 0 Å². The summed E-state index contributed by atoms with van der Waals surface area (Å²) in [6.45, 7) is 4.60. The van der Waals surface area contributed by atoms with Crippen molar-refractivity contribution >= 4 is 22.4 Å². The molecule has 0 unspecified atom stereocenters. The highest BCUT2D eigenvalue weighted by atomic mass is 32.1. The SMILES string of the molecule is CC(C)N(Cc1ccccc1)C(=O)c1sc(N)nc1-c1ccccc1. The summed E-state index contributed by atoms with van der Waals surface area (Å²) in [4.78, 5) is 20.1. The topological polar surface area (TPSA) is 59.2 Å². The van der Waals surface area contributed by atoms with Crippen molar-refractivity contribution in [1.82, 2.24) is 9.88 Å². The monoisotopic (exact) mass is 351 g/mol. The number of aromatic nitrogens is 1. The van der Waals surface area contributed by atoms with Crippen molar-refractivity contribution < 1.29 is 4.79 Å². The van der Waals surface area contributed by atoms with Gasteiger partial charge in [0.25, 0.3) is 5.91 Å². The second kappa shape index (κ2) is 7.49. The highest BCUT2D eigenvalue weighted by Gasteiger charge is 2.25. The average molecular weight is 351 g/mol. The van der Waals surface area contributed by atoms with Gasteiger partial charge in [-0.1, -0.05) is 72.0 Å². The van der Waals surface area contributed by atoms with Gasteiger partial charge >= 0.3 is 0 Å². The third-order valence-corrected chi connectivity index (χ3v) is 4.84. The van der Waals surface area contributed by atoms with Crippen LogP contribution < -0.4 is 5.73 Å². The predicted octanol–water partition coefficient (Wildman–Crippen LogP) is 4.44. The van der Waals surface area contributed by atoms with Crippen LogP contribution in [0.3, 0.4) is 0 Å². The highest BCUT2D eigenvalue weighted by molar-refractivity contribution is 7.17. The van der Waals surface area contributed by atoms with Crippen LogP contribution >= 0.6 is 11.3 Å². The number of carbonyl (C=O) groups is 1. The second-order valence-electron chi connectivity index (χ2n) is 6.11. The van der Waals surface area contributed by atoms with E-state index >= 15 is 0 Å². The van der Waals surface area contributed by atoms with Crippen LogP contribution in [0.2, 0.25) is 0 Å². The summed E-state index contributed by atoms with van der Waals surface area (Å²) in [5, 5.41) is 0.408. The van der Waals surface area contributed by atoms with Crippen LogP contribution in [-0.2, 0) is 6.54 Å². The molecule has 0 spiro atoms. The molecule has 2 aromatic carbocycles. The standard InChI is InChI=1S/C20H21N3OS/c1-14(2)23(13-15-9-5-3-6-10-15)19(24)18-17(22-20(21)25-18)16-11-7-4-8-12-16/h3-12,14H,13H2,1-2H3,(H2,21,22). The number of nitrogens with zero attached hydrogens (tertiary/aromatic N) is 2. The first-order valence-corrected chi connectivity index (χ1v) is 9.04. The highest BCUT2D eigenvalue weighted by Crippen LogP contribution is 2.31. The van der Waals surface area contributed by atoms with Crippen LogP contribution in [0.4, 0.5) is 5.13 Å². The molecule has 0 saturated heterocycles. The van der Waals surface area contributed by atoms with Gasteiger partial charge in [-0.3, -0.25) is 4.79 Å². The number of anilines is 1. The molecule has 0 radical (unpaired) electrons. The van der Waals surface area contributed by atoms with Gasteiger partial charge < -0.3 is 10.6 Å². The second-order valence-corrected chi connectivity index (χ2v) is 7.14. The molecule has 0 atom stereocenters. The summed E-state index contributed by atoms with van der Waals surface area (Å²) >= 11 is 1.25. The third kappa shape index (κ3) is 3.88. The maximum Gasteiger partial charge on any atom is 0.266 e. The summed E-state index contributed by atoms with van der Waals surface area (Å²) in [5.74, 6) is -0.0353. The lowest BCUT2D eigenvalue weighted by Gasteiger charge is -2.26. The van der Waals surface area contributed by atoms with Gasteiger partial charge in [0, 0.05) is 18.2 Å². The Balaban J connectivity index is 1.96. The van der Waals surface area contributed by atoms with Crippen LogP contribution in [0.25, 0.3) is 11.3 Å². The number of hydrogen-bond acceptors (Lipinski definition) is 4. The minimum atomic E-state index is -0.0353. The molecule has 2 N–H and O–H groups in total. The quantitative estimate of drug-likeness (QED) is 0.739. The molecule has 3 aromatic rings. The Morgan fingerprint density at radius 2 is 1.68 bits per heavy atom. The number of nitrogen functional groups attached to an aromatic ring is 1. The van der Waals surface area contributed by atoms with Crippen molar-refractivity contribution in [2.24, 2.45) is 0 Å². The first kappa shape index (κ1) is 17.2. The van der Waals surface area contributed by atoms with Crippen LogP contribution in [0.5, 0.6) is 0 Å². The maximum atomic E-state index is 13.2. The molecule has 25 heavy (non-hydrogen) atoms. The number of benzene rings is 2. The van der Waals surface area contributed by atoms with E-state index in [0.717, 1.165) is 11.1 Å². The van der Waals surface area contributed by atoms with Crippen LogP contribution in [0.15, 0.2) is 60.7 Å². The largest absolute Gasteiger partial charge is 0.375 e. The fraction of sp³-hybridized carbons (Fsp3) is 0.200. The van der Waals surface area contributed by atoms with E-state index in [-0.39, 0.29) is 11.9 Å². The predicted molar refractivity (Wildman–Crippen MR) is 103 cm³/mol. The van der Waals surface area contributed by atoms with E-state index in [9.17, 15) is 4.79 Å². The zero-order valence-electron chi connectivity index (χ0n) is 14.3.